The third kappa shape index (κ3) is 6.05. The van der Waals surface area contributed by atoms with E-state index in [1.165, 1.54) is 25.7 Å². The van der Waals surface area contributed by atoms with Gasteiger partial charge in [0.25, 0.3) is 0 Å². The maximum Gasteiger partial charge on any atom is -0.00490 e. The fourth-order valence-electron chi connectivity index (χ4n) is 0.981. The van der Waals surface area contributed by atoms with E-state index in [1.54, 1.807) is 0 Å². The molecule has 1 atom stereocenters. The van der Waals surface area contributed by atoms with Gasteiger partial charge in [-0.3, -0.25) is 0 Å². The standard InChI is InChI=1S/C8H19N.H3N/c1-3-5-6-8(4-2)7-9;/h8H,3-7,9H2,1-2H3;1H3. The number of hydrogen-bond donors (Lipinski definition) is 2. The lowest BCUT2D eigenvalue weighted by atomic mass is 10.00. The van der Waals surface area contributed by atoms with Gasteiger partial charge in [0.2, 0.25) is 0 Å². The molecular weight excluding hydrogens is 124 g/mol. The van der Waals surface area contributed by atoms with E-state index >= 15 is 0 Å². The monoisotopic (exact) mass is 146 g/mol. The second-order valence-corrected chi connectivity index (χ2v) is 2.65. The number of rotatable bonds is 5. The highest BCUT2D eigenvalue weighted by Gasteiger charge is 2.00. The molecule has 0 rings (SSSR count). The molecule has 0 aromatic rings. The zero-order chi connectivity index (χ0) is 7.11. The van der Waals surface area contributed by atoms with Crippen molar-refractivity contribution < 1.29 is 0 Å². The van der Waals surface area contributed by atoms with E-state index in [4.69, 9.17) is 5.73 Å². The van der Waals surface area contributed by atoms with Crippen molar-refractivity contribution in [3.05, 3.63) is 0 Å². The number of unbranched alkanes of at least 4 members (excludes halogenated alkanes) is 1. The average Bonchev–Trinajstić information content (AvgIpc) is 1.91. The van der Waals surface area contributed by atoms with E-state index in [0.717, 1.165) is 12.5 Å². The van der Waals surface area contributed by atoms with Gasteiger partial charge in [-0.1, -0.05) is 33.1 Å². The zero-order valence-electron chi connectivity index (χ0n) is 7.40. The average molecular weight is 146 g/mol. The van der Waals surface area contributed by atoms with Gasteiger partial charge in [0, 0.05) is 0 Å². The molecule has 0 radical (unpaired) electrons. The molecule has 1 unspecified atom stereocenters. The first-order valence-electron chi connectivity index (χ1n) is 4.05. The van der Waals surface area contributed by atoms with Crippen LogP contribution >= 0.6 is 0 Å². The van der Waals surface area contributed by atoms with Crippen LogP contribution in [-0.2, 0) is 0 Å². The molecule has 5 N–H and O–H groups in total. The lowest BCUT2D eigenvalue weighted by molar-refractivity contribution is 0.461. The van der Waals surface area contributed by atoms with E-state index in [0.29, 0.717) is 0 Å². The van der Waals surface area contributed by atoms with Gasteiger partial charge in [-0.05, 0) is 18.9 Å². The Labute approximate surface area is 64.8 Å². The molecule has 2 nitrogen and oxygen atoms in total. The van der Waals surface area contributed by atoms with E-state index in [2.05, 4.69) is 13.8 Å². The summed E-state index contributed by atoms with van der Waals surface area (Å²) in [5, 5.41) is 0. The van der Waals surface area contributed by atoms with Gasteiger partial charge >= 0.3 is 0 Å². The van der Waals surface area contributed by atoms with Crippen LogP contribution in [0.15, 0.2) is 0 Å². The van der Waals surface area contributed by atoms with Crippen molar-refractivity contribution in [3.8, 4) is 0 Å². The summed E-state index contributed by atoms with van der Waals surface area (Å²) in [5.41, 5.74) is 5.52. The largest absolute Gasteiger partial charge is 0.344 e. The molecule has 64 valence electrons. The van der Waals surface area contributed by atoms with Crippen molar-refractivity contribution in [3.63, 3.8) is 0 Å². The highest BCUT2D eigenvalue weighted by Crippen LogP contribution is 2.09. The molecule has 0 aliphatic heterocycles. The summed E-state index contributed by atoms with van der Waals surface area (Å²) in [6, 6.07) is 0. The number of hydrogen-bond acceptors (Lipinski definition) is 2. The van der Waals surface area contributed by atoms with Gasteiger partial charge in [0.15, 0.2) is 0 Å². The van der Waals surface area contributed by atoms with E-state index in [-0.39, 0.29) is 6.15 Å². The van der Waals surface area contributed by atoms with Crippen molar-refractivity contribution in [2.45, 2.75) is 39.5 Å². The van der Waals surface area contributed by atoms with Crippen LogP contribution < -0.4 is 11.9 Å². The van der Waals surface area contributed by atoms with E-state index < -0.39 is 0 Å². The summed E-state index contributed by atoms with van der Waals surface area (Å²) < 4.78 is 0. The molecule has 0 aliphatic rings. The fraction of sp³-hybridized carbons (Fsp3) is 1.00. The lowest BCUT2D eigenvalue weighted by Gasteiger charge is -2.09. The minimum atomic E-state index is 0. The lowest BCUT2D eigenvalue weighted by Crippen LogP contribution is -2.12. The van der Waals surface area contributed by atoms with Crippen LogP contribution in [-0.4, -0.2) is 6.54 Å². The summed E-state index contributed by atoms with van der Waals surface area (Å²) in [6.07, 6.45) is 5.21. The summed E-state index contributed by atoms with van der Waals surface area (Å²) in [4.78, 5) is 0. The van der Waals surface area contributed by atoms with E-state index in [1.807, 2.05) is 0 Å². The highest BCUT2D eigenvalue weighted by molar-refractivity contribution is 4.56. The highest BCUT2D eigenvalue weighted by atomic mass is 14.5. The molecule has 0 fully saturated rings. The molecule has 0 amide bonds. The summed E-state index contributed by atoms with van der Waals surface area (Å²) in [7, 11) is 0. The van der Waals surface area contributed by atoms with Gasteiger partial charge in [0.05, 0.1) is 0 Å². The molecular formula is C8H22N2. The molecule has 0 bridgehead atoms. The number of nitrogens with two attached hydrogens (primary N) is 1. The Balaban J connectivity index is 0. The summed E-state index contributed by atoms with van der Waals surface area (Å²) >= 11 is 0. The first kappa shape index (κ1) is 12.6. The minimum Gasteiger partial charge on any atom is -0.344 e. The molecule has 0 aromatic carbocycles. The van der Waals surface area contributed by atoms with Gasteiger partial charge in [-0.15, -0.1) is 0 Å². The molecule has 0 aliphatic carbocycles. The van der Waals surface area contributed by atoms with Crippen molar-refractivity contribution in [2.24, 2.45) is 11.7 Å². The van der Waals surface area contributed by atoms with Crippen LogP contribution in [0.2, 0.25) is 0 Å². The summed E-state index contributed by atoms with van der Waals surface area (Å²) in [6.45, 7) is 5.31. The maximum absolute atomic E-state index is 5.52. The van der Waals surface area contributed by atoms with Crippen LogP contribution in [0.1, 0.15) is 39.5 Å². The van der Waals surface area contributed by atoms with Gasteiger partial charge in [-0.2, -0.15) is 0 Å². The Bertz CT molecular complexity index is 51.2. The van der Waals surface area contributed by atoms with Gasteiger partial charge in [-0.25, -0.2) is 0 Å². The zero-order valence-corrected chi connectivity index (χ0v) is 7.40. The Morgan fingerprint density at radius 1 is 1.30 bits per heavy atom. The van der Waals surface area contributed by atoms with Crippen LogP contribution in [0.3, 0.4) is 0 Å². The molecule has 0 saturated carbocycles. The van der Waals surface area contributed by atoms with Gasteiger partial charge < -0.3 is 11.9 Å². The predicted molar refractivity (Wildman–Crippen MR) is 47.4 cm³/mol. The Kier molecular flexibility index (Phi) is 11.2. The van der Waals surface area contributed by atoms with Crippen molar-refractivity contribution in [1.82, 2.24) is 6.15 Å². The Morgan fingerprint density at radius 2 is 1.90 bits per heavy atom. The molecule has 0 aromatic heterocycles. The van der Waals surface area contributed by atoms with Crippen molar-refractivity contribution in [2.75, 3.05) is 6.54 Å². The Hall–Kier alpha value is -0.0800. The second kappa shape index (κ2) is 8.92. The molecule has 0 spiro atoms. The van der Waals surface area contributed by atoms with Crippen LogP contribution in [0.5, 0.6) is 0 Å². The second-order valence-electron chi connectivity index (χ2n) is 2.65. The third-order valence-corrected chi connectivity index (χ3v) is 1.88. The summed E-state index contributed by atoms with van der Waals surface area (Å²) in [5.74, 6) is 0.782. The predicted octanol–water partition coefficient (Wildman–Crippen LogP) is 2.32. The fourth-order valence-corrected chi connectivity index (χ4v) is 0.981. The maximum atomic E-state index is 5.52. The third-order valence-electron chi connectivity index (χ3n) is 1.88. The van der Waals surface area contributed by atoms with Crippen molar-refractivity contribution in [1.29, 1.82) is 0 Å². The first-order chi connectivity index (χ1) is 4.35. The van der Waals surface area contributed by atoms with Crippen LogP contribution in [0, 0.1) is 5.92 Å². The van der Waals surface area contributed by atoms with Crippen molar-refractivity contribution >= 4 is 0 Å². The van der Waals surface area contributed by atoms with Crippen LogP contribution in [0.4, 0.5) is 0 Å². The molecule has 10 heavy (non-hydrogen) atoms. The molecule has 0 saturated heterocycles. The Morgan fingerprint density at radius 3 is 2.20 bits per heavy atom. The van der Waals surface area contributed by atoms with E-state index in [9.17, 15) is 0 Å². The molecule has 2 heteroatoms. The SMILES string of the molecule is CCCCC(CC)CN.N. The van der Waals surface area contributed by atoms with Gasteiger partial charge in [0.1, 0.15) is 0 Å². The van der Waals surface area contributed by atoms with Crippen LogP contribution in [0.25, 0.3) is 0 Å². The first-order valence-corrected chi connectivity index (χ1v) is 4.05. The minimum absolute atomic E-state index is 0. The smallest absolute Gasteiger partial charge is 0.00490 e. The normalized spacial score (nSPS) is 12.3. The topological polar surface area (TPSA) is 61.0 Å². The quantitative estimate of drug-likeness (QED) is 0.625. The molecule has 0 heterocycles.